The lowest BCUT2D eigenvalue weighted by Crippen LogP contribution is -2.04. The van der Waals surface area contributed by atoms with Gasteiger partial charge in [-0.25, -0.2) is 0 Å². The molecule has 94 valence electrons. The molecule has 1 aromatic heterocycles. The predicted molar refractivity (Wildman–Crippen MR) is 66.8 cm³/mol. The summed E-state index contributed by atoms with van der Waals surface area (Å²) in [7, 11) is 0. The molecule has 0 spiro atoms. The van der Waals surface area contributed by atoms with Crippen LogP contribution in [0.25, 0.3) is 11.3 Å². The van der Waals surface area contributed by atoms with Gasteiger partial charge in [0, 0.05) is 10.0 Å². The van der Waals surface area contributed by atoms with Crippen molar-refractivity contribution in [1.29, 1.82) is 0 Å². The summed E-state index contributed by atoms with van der Waals surface area (Å²) in [5.74, 6) is 0. The van der Waals surface area contributed by atoms with E-state index in [2.05, 4.69) is 20.9 Å². The Morgan fingerprint density at radius 3 is 2.22 bits per heavy atom. The average Bonchev–Trinajstić information content (AvgIpc) is 2.28. The first-order chi connectivity index (χ1) is 8.38. The molecule has 2 nitrogen and oxygen atoms in total. The van der Waals surface area contributed by atoms with E-state index < -0.39 is 11.7 Å². The average molecular weight is 317 g/mol. The molecule has 0 fully saturated rings. The molecule has 1 heterocycles. The van der Waals surface area contributed by atoms with E-state index in [9.17, 15) is 13.2 Å². The zero-order chi connectivity index (χ0) is 13.3. The van der Waals surface area contributed by atoms with Crippen molar-refractivity contribution < 1.29 is 13.2 Å². The fourth-order valence-electron chi connectivity index (χ4n) is 1.48. The van der Waals surface area contributed by atoms with Crippen LogP contribution in [0.2, 0.25) is 0 Å². The summed E-state index contributed by atoms with van der Waals surface area (Å²) < 4.78 is 37.9. The first kappa shape index (κ1) is 12.9. The number of halogens is 4. The Morgan fingerprint density at radius 2 is 1.72 bits per heavy atom. The predicted octanol–water partition coefficient (Wildman–Crippen LogP) is 4.11. The molecule has 2 N–H and O–H groups in total. The van der Waals surface area contributed by atoms with Crippen molar-refractivity contribution in [3.05, 3.63) is 46.6 Å². The highest BCUT2D eigenvalue weighted by molar-refractivity contribution is 9.10. The van der Waals surface area contributed by atoms with Crippen LogP contribution >= 0.6 is 15.9 Å². The van der Waals surface area contributed by atoms with Gasteiger partial charge in [-0.05, 0) is 34.1 Å². The molecule has 18 heavy (non-hydrogen) atoms. The Hall–Kier alpha value is -1.56. The minimum absolute atomic E-state index is 0.484. The lowest BCUT2D eigenvalue weighted by molar-refractivity contribution is -0.137. The maximum absolute atomic E-state index is 12.4. The highest BCUT2D eigenvalue weighted by Crippen LogP contribution is 2.32. The molecule has 0 saturated heterocycles. The summed E-state index contributed by atoms with van der Waals surface area (Å²) in [5.41, 5.74) is 6.49. The van der Waals surface area contributed by atoms with Crippen molar-refractivity contribution in [2.24, 2.45) is 0 Å². The maximum atomic E-state index is 12.4. The Balaban J connectivity index is 2.41. The van der Waals surface area contributed by atoms with Crippen molar-refractivity contribution >= 4 is 21.6 Å². The number of rotatable bonds is 1. The first-order valence-corrected chi connectivity index (χ1v) is 5.76. The molecular weight excluding hydrogens is 309 g/mol. The van der Waals surface area contributed by atoms with Gasteiger partial charge in [-0.15, -0.1) is 0 Å². The third-order valence-corrected chi connectivity index (χ3v) is 2.95. The third kappa shape index (κ3) is 2.64. The summed E-state index contributed by atoms with van der Waals surface area (Å²) in [6, 6.07) is 6.47. The number of hydrogen-bond donors (Lipinski definition) is 1. The number of anilines is 1. The van der Waals surface area contributed by atoms with E-state index >= 15 is 0 Å². The van der Waals surface area contributed by atoms with Crippen LogP contribution in [0, 0.1) is 0 Å². The molecule has 0 bridgehead atoms. The van der Waals surface area contributed by atoms with E-state index in [1.165, 1.54) is 18.3 Å². The second-order valence-electron chi connectivity index (χ2n) is 3.67. The van der Waals surface area contributed by atoms with Gasteiger partial charge < -0.3 is 5.73 Å². The standard InChI is InChI=1S/C12H8BrF3N2/c13-10-5-9(17)6-18-11(10)7-1-3-8(4-2-7)12(14,15)16/h1-6H,17H2. The number of benzene rings is 1. The summed E-state index contributed by atoms with van der Waals surface area (Å²) in [4.78, 5) is 4.09. The molecule has 1 aromatic carbocycles. The molecule has 2 aromatic rings. The van der Waals surface area contributed by atoms with Crippen LogP contribution in [0.15, 0.2) is 41.0 Å². The van der Waals surface area contributed by atoms with Gasteiger partial charge in [0.2, 0.25) is 0 Å². The van der Waals surface area contributed by atoms with Crippen LogP contribution in [0.3, 0.4) is 0 Å². The highest BCUT2D eigenvalue weighted by Gasteiger charge is 2.30. The van der Waals surface area contributed by atoms with Crippen molar-refractivity contribution in [1.82, 2.24) is 4.98 Å². The van der Waals surface area contributed by atoms with Crippen LogP contribution in [-0.4, -0.2) is 4.98 Å². The van der Waals surface area contributed by atoms with Gasteiger partial charge in [-0.2, -0.15) is 13.2 Å². The van der Waals surface area contributed by atoms with E-state index in [1.54, 1.807) is 6.07 Å². The quantitative estimate of drug-likeness (QED) is 0.859. The molecule has 0 atom stereocenters. The number of hydrogen-bond acceptors (Lipinski definition) is 2. The van der Waals surface area contributed by atoms with Crippen LogP contribution in [0.5, 0.6) is 0 Å². The lowest BCUT2D eigenvalue weighted by atomic mass is 10.1. The summed E-state index contributed by atoms with van der Waals surface area (Å²) in [6.07, 6.45) is -2.87. The maximum Gasteiger partial charge on any atom is 0.416 e. The monoisotopic (exact) mass is 316 g/mol. The fraction of sp³-hybridized carbons (Fsp3) is 0.0833. The van der Waals surface area contributed by atoms with Gasteiger partial charge in [-0.3, -0.25) is 4.98 Å². The molecule has 0 aliphatic carbocycles. The molecule has 0 radical (unpaired) electrons. The van der Waals surface area contributed by atoms with Gasteiger partial charge >= 0.3 is 6.18 Å². The van der Waals surface area contributed by atoms with Crippen LogP contribution < -0.4 is 5.73 Å². The second kappa shape index (κ2) is 4.61. The number of pyridine rings is 1. The zero-order valence-electron chi connectivity index (χ0n) is 9.00. The first-order valence-electron chi connectivity index (χ1n) is 4.96. The fourth-order valence-corrected chi connectivity index (χ4v) is 2.08. The van der Waals surface area contributed by atoms with Crippen molar-refractivity contribution in [3.8, 4) is 11.3 Å². The molecule has 0 saturated carbocycles. The number of nitrogens with two attached hydrogens (primary N) is 1. The Bertz CT molecular complexity index is 565. The van der Waals surface area contributed by atoms with E-state index in [4.69, 9.17) is 5.73 Å². The summed E-state index contributed by atoms with van der Waals surface area (Å²) in [6.45, 7) is 0. The van der Waals surface area contributed by atoms with Gasteiger partial charge in [0.05, 0.1) is 23.1 Å². The molecule has 6 heteroatoms. The summed E-state index contributed by atoms with van der Waals surface area (Å²) >= 11 is 3.28. The topological polar surface area (TPSA) is 38.9 Å². The second-order valence-corrected chi connectivity index (χ2v) is 4.53. The minimum atomic E-state index is -4.33. The highest BCUT2D eigenvalue weighted by atomic mass is 79.9. The molecule has 2 rings (SSSR count). The SMILES string of the molecule is Nc1cnc(-c2ccc(C(F)(F)F)cc2)c(Br)c1. The number of alkyl halides is 3. The molecule has 0 aliphatic rings. The van der Waals surface area contributed by atoms with Crippen molar-refractivity contribution in [2.75, 3.05) is 5.73 Å². The van der Waals surface area contributed by atoms with E-state index in [-0.39, 0.29) is 0 Å². The van der Waals surface area contributed by atoms with E-state index in [0.717, 1.165) is 12.1 Å². The van der Waals surface area contributed by atoms with Gasteiger partial charge in [0.25, 0.3) is 0 Å². The molecule has 0 amide bonds. The van der Waals surface area contributed by atoms with E-state index in [1.807, 2.05) is 0 Å². The largest absolute Gasteiger partial charge is 0.416 e. The van der Waals surface area contributed by atoms with Crippen LogP contribution in [0.4, 0.5) is 18.9 Å². The Labute approximate surface area is 110 Å². The molecule has 0 aliphatic heterocycles. The van der Waals surface area contributed by atoms with Crippen LogP contribution in [-0.2, 0) is 6.18 Å². The van der Waals surface area contributed by atoms with E-state index in [0.29, 0.717) is 21.4 Å². The van der Waals surface area contributed by atoms with Crippen molar-refractivity contribution in [2.45, 2.75) is 6.18 Å². The Morgan fingerprint density at radius 1 is 1.11 bits per heavy atom. The minimum Gasteiger partial charge on any atom is -0.397 e. The molecular formula is C12H8BrF3N2. The van der Waals surface area contributed by atoms with Gasteiger partial charge in [0.1, 0.15) is 0 Å². The molecule has 0 unspecified atom stereocenters. The smallest absolute Gasteiger partial charge is 0.397 e. The van der Waals surface area contributed by atoms with Gasteiger partial charge in [-0.1, -0.05) is 12.1 Å². The number of nitrogens with zero attached hydrogens (tertiary/aromatic N) is 1. The van der Waals surface area contributed by atoms with Crippen LogP contribution in [0.1, 0.15) is 5.56 Å². The third-order valence-electron chi connectivity index (χ3n) is 2.35. The normalized spacial score (nSPS) is 11.6. The van der Waals surface area contributed by atoms with Gasteiger partial charge in [0.15, 0.2) is 0 Å². The Kier molecular flexibility index (Phi) is 3.30. The number of nitrogen functional groups attached to an aromatic ring is 1. The lowest BCUT2D eigenvalue weighted by Gasteiger charge is -2.08. The summed E-state index contributed by atoms with van der Waals surface area (Å²) in [5, 5.41) is 0. The van der Waals surface area contributed by atoms with Crippen molar-refractivity contribution in [3.63, 3.8) is 0 Å². The zero-order valence-corrected chi connectivity index (χ0v) is 10.6. The number of aromatic nitrogens is 1.